The number of ether oxygens (including phenoxy) is 3. The summed E-state index contributed by atoms with van der Waals surface area (Å²) in [5.41, 5.74) is 0. The number of hydrogen-bond donors (Lipinski definition) is 1. The molecule has 0 amide bonds. The molecule has 0 aromatic rings. The average Bonchev–Trinajstić information content (AvgIpc) is 2.41. The summed E-state index contributed by atoms with van der Waals surface area (Å²) in [6.07, 6.45) is 1.68. The summed E-state index contributed by atoms with van der Waals surface area (Å²) in [7, 11) is 6.02. The molecule has 8 heteroatoms. The van der Waals surface area contributed by atoms with E-state index in [1.54, 1.807) is 0 Å². The molecule has 0 aromatic heterocycles. The third-order valence-corrected chi connectivity index (χ3v) is 2.28. The molecule has 0 bridgehead atoms. The fourth-order valence-corrected chi connectivity index (χ4v) is 1.13. The highest BCUT2D eigenvalue weighted by molar-refractivity contribution is 5.92. The maximum Gasteiger partial charge on any atom is 0.341 e. The van der Waals surface area contributed by atoms with Gasteiger partial charge in [-0.1, -0.05) is 0 Å². The zero-order chi connectivity index (χ0) is 17.0. The van der Waals surface area contributed by atoms with Gasteiger partial charge in [-0.15, -0.1) is 0 Å². The summed E-state index contributed by atoms with van der Waals surface area (Å²) in [6.45, 7) is 0.778. The normalized spacial score (nSPS) is 11.3. The highest BCUT2D eigenvalue weighted by atomic mass is 16.6. The summed E-state index contributed by atoms with van der Waals surface area (Å²) >= 11 is 0. The van der Waals surface area contributed by atoms with Crippen molar-refractivity contribution < 1.29 is 38.2 Å². The average molecular weight is 318 g/mol. The molecule has 0 radical (unpaired) electrons. The van der Waals surface area contributed by atoms with Gasteiger partial charge in [0.25, 0.3) is 0 Å². The molecule has 8 nitrogen and oxygen atoms in total. The van der Waals surface area contributed by atoms with E-state index in [9.17, 15) is 14.4 Å². The van der Waals surface area contributed by atoms with Crippen LogP contribution >= 0.6 is 0 Å². The number of carbonyl (C=O) groups is 3. The number of aliphatic hydroxyl groups is 1. The van der Waals surface area contributed by atoms with Crippen molar-refractivity contribution in [1.29, 1.82) is 0 Å². The first-order valence-corrected chi connectivity index (χ1v) is 6.84. The Morgan fingerprint density at radius 3 is 2.27 bits per heavy atom. The van der Waals surface area contributed by atoms with Crippen LogP contribution in [0.5, 0.6) is 0 Å². The smallest absolute Gasteiger partial charge is 0.341 e. The third kappa shape index (κ3) is 13.1. The summed E-state index contributed by atoms with van der Waals surface area (Å²) in [5.74, 6) is -2.33. The Hall–Kier alpha value is -1.93. The molecule has 126 valence electrons. The van der Waals surface area contributed by atoms with Crippen molar-refractivity contribution in [3.63, 3.8) is 0 Å². The second-order valence-corrected chi connectivity index (χ2v) is 5.42. The van der Waals surface area contributed by atoms with Gasteiger partial charge in [0.05, 0.1) is 52.9 Å². The maximum atomic E-state index is 11.3. The van der Waals surface area contributed by atoms with E-state index in [0.29, 0.717) is 6.61 Å². The lowest BCUT2D eigenvalue weighted by Gasteiger charge is -2.22. The zero-order valence-electron chi connectivity index (χ0n) is 13.2. The highest BCUT2D eigenvalue weighted by Crippen LogP contribution is 1.97. The maximum absolute atomic E-state index is 11.3. The summed E-state index contributed by atoms with van der Waals surface area (Å²) in [5, 5.41) is 8.44. The summed E-state index contributed by atoms with van der Waals surface area (Å²) < 4.78 is 14.8. The van der Waals surface area contributed by atoms with Gasteiger partial charge >= 0.3 is 17.9 Å². The quantitative estimate of drug-likeness (QED) is 0.146. The Kier molecular flexibility index (Phi) is 9.80. The van der Waals surface area contributed by atoms with Gasteiger partial charge in [-0.2, -0.15) is 0 Å². The van der Waals surface area contributed by atoms with Crippen LogP contribution in [0.3, 0.4) is 0 Å². The standard InChI is InChI=1S/C14H24NO7/c1-15(2,3)7-10-20-9-6-14(19)22-13(18)5-4-12(17)21-11-8-16/h6,9,16H,4-5,7-8,10-11H2,1-3H3/q+1. The first-order valence-electron chi connectivity index (χ1n) is 6.84. The van der Waals surface area contributed by atoms with Crippen LogP contribution in [0, 0.1) is 0 Å². The molecule has 0 saturated carbocycles. The van der Waals surface area contributed by atoms with Gasteiger partial charge in [-0.3, -0.25) is 9.59 Å². The Morgan fingerprint density at radius 2 is 1.68 bits per heavy atom. The van der Waals surface area contributed by atoms with Crippen molar-refractivity contribution >= 4 is 17.9 Å². The van der Waals surface area contributed by atoms with Crippen LogP contribution in [0.25, 0.3) is 0 Å². The minimum Gasteiger partial charge on any atom is -0.495 e. The fourth-order valence-electron chi connectivity index (χ4n) is 1.13. The van der Waals surface area contributed by atoms with Crippen molar-refractivity contribution in [3.05, 3.63) is 12.3 Å². The molecule has 22 heavy (non-hydrogen) atoms. The number of nitrogens with zero attached hydrogens (tertiary/aromatic N) is 1. The molecule has 0 aliphatic carbocycles. The number of esters is 3. The molecule has 0 aliphatic rings. The molecule has 0 saturated heterocycles. The number of quaternary nitrogens is 1. The number of aliphatic hydroxyl groups excluding tert-OH is 1. The molecule has 0 heterocycles. The Labute approximate surface area is 129 Å². The molecule has 1 N–H and O–H groups in total. The van der Waals surface area contributed by atoms with E-state index in [1.165, 1.54) is 6.26 Å². The molecule has 0 fully saturated rings. The monoisotopic (exact) mass is 318 g/mol. The molecular weight excluding hydrogens is 294 g/mol. The first-order chi connectivity index (χ1) is 10.2. The predicted molar refractivity (Wildman–Crippen MR) is 76.4 cm³/mol. The topological polar surface area (TPSA) is 99.1 Å². The van der Waals surface area contributed by atoms with Gasteiger partial charge in [0, 0.05) is 0 Å². The van der Waals surface area contributed by atoms with Crippen molar-refractivity contribution in [2.75, 3.05) is 47.5 Å². The highest BCUT2D eigenvalue weighted by Gasteiger charge is 2.12. The van der Waals surface area contributed by atoms with Gasteiger partial charge in [0.15, 0.2) is 0 Å². The van der Waals surface area contributed by atoms with Crippen molar-refractivity contribution in [2.45, 2.75) is 12.8 Å². The lowest BCUT2D eigenvalue weighted by Crippen LogP contribution is -2.37. The van der Waals surface area contributed by atoms with E-state index < -0.39 is 17.9 Å². The SMILES string of the molecule is C[N+](C)(C)CCOC=CC(=O)OC(=O)CCC(=O)OCCO. The van der Waals surface area contributed by atoms with Crippen molar-refractivity contribution in [1.82, 2.24) is 0 Å². The zero-order valence-corrected chi connectivity index (χ0v) is 13.2. The van der Waals surface area contributed by atoms with E-state index in [4.69, 9.17) is 9.84 Å². The van der Waals surface area contributed by atoms with Crippen LogP contribution in [0.15, 0.2) is 12.3 Å². The number of rotatable bonds is 10. The molecule has 0 spiro atoms. The minimum atomic E-state index is -0.862. The van der Waals surface area contributed by atoms with Gasteiger partial charge in [-0.05, 0) is 0 Å². The van der Waals surface area contributed by atoms with Crippen LogP contribution in [-0.4, -0.2) is 75.0 Å². The fraction of sp³-hybridized carbons (Fsp3) is 0.643. The molecule has 0 atom stereocenters. The predicted octanol–water partition coefficient (Wildman–Crippen LogP) is -0.392. The molecule has 0 aliphatic heterocycles. The number of likely N-dealkylation sites (N-methyl/N-ethyl adjacent to an activating group) is 1. The summed E-state index contributed by atoms with van der Waals surface area (Å²) in [6, 6.07) is 0. The number of hydrogen-bond acceptors (Lipinski definition) is 7. The van der Waals surface area contributed by atoms with E-state index >= 15 is 0 Å². The van der Waals surface area contributed by atoms with Crippen LogP contribution in [0.2, 0.25) is 0 Å². The largest absolute Gasteiger partial charge is 0.495 e. The number of carbonyl (C=O) groups excluding carboxylic acids is 3. The third-order valence-electron chi connectivity index (χ3n) is 2.28. The van der Waals surface area contributed by atoms with Crippen LogP contribution in [0.1, 0.15) is 12.8 Å². The lowest BCUT2D eigenvalue weighted by atomic mass is 10.3. The van der Waals surface area contributed by atoms with Gasteiger partial charge < -0.3 is 23.8 Å². The van der Waals surface area contributed by atoms with Crippen LogP contribution in [-0.2, 0) is 28.6 Å². The van der Waals surface area contributed by atoms with Gasteiger partial charge in [0.2, 0.25) is 0 Å². The summed E-state index contributed by atoms with van der Waals surface area (Å²) in [4.78, 5) is 33.6. The molecule has 0 unspecified atom stereocenters. The Morgan fingerprint density at radius 1 is 1.05 bits per heavy atom. The van der Waals surface area contributed by atoms with E-state index in [-0.39, 0.29) is 26.1 Å². The van der Waals surface area contributed by atoms with Gasteiger partial charge in [0.1, 0.15) is 19.8 Å². The minimum absolute atomic E-state index is 0.125. The van der Waals surface area contributed by atoms with E-state index in [0.717, 1.165) is 17.1 Å². The van der Waals surface area contributed by atoms with E-state index in [1.807, 2.05) is 21.1 Å². The second-order valence-electron chi connectivity index (χ2n) is 5.42. The second kappa shape index (κ2) is 10.7. The van der Waals surface area contributed by atoms with E-state index in [2.05, 4.69) is 9.47 Å². The lowest BCUT2D eigenvalue weighted by molar-refractivity contribution is -0.870. The van der Waals surface area contributed by atoms with Crippen LogP contribution < -0.4 is 0 Å². The molecular formula is C14H24NO7+. The van der Waals surface area contributed by atoms with Crippen molar-refractivity contribution in [2.24, 2.45) is 0 Å². The first kappa shape index (κ1) is 20.1. The molecule has 0 rings (SSSR count). The van der Waals surface area contributed by atoms with Gasteiger partial charge in [-0.25, -0.2) is 4.79 Å². The Balaban J connectivity index is 3.82. The molecule has 0 aromatic carbocycles. The van der Waals surface area contributed by atoms with Crippen LogP contribution in [0.4, 0.5) is 0 Å². The Bertz CT molecular complexity index is 398. The van der Waals surface area contributed by atoms with Crippen molar-refractivity contribution in [3.8, 4) is 0 Å².